The molecule has 0 unspecified atom stereocenters. The van der Waals surface area contributed by atoms with E-state index < -0.39 is 8.07 Å². The predicted octanol–water partition coefficient (Wildman–Crippen LogP) is -1.67. The second-order valence-corrected chi connectivity index (χ2v) is 10.5. The van der Waals surface area contributed by atoms with Gasteiger partial charge < -0.3 is 24.8 Å². The monoisotopic (exact) mass is 466 g/mol. The van der Waals surface area contributed by atoms with Crippen molar-refractivity contribution in [1.82, 2.24) is 0 Å². The smallest absolute Gasteiger partial charge is 1.00 e. The normalized spacial score (nSPS) is 14.7. The first-order valence-corrected chi connectivity index (χ1v) is 9.28. The van der Waals surface area contributed by atoms with Crippen molar-refractivity contribution in [2.75, 3.05) is 0 Å². The standard InChI is InChI=1S/C9H15Si.C5H5.2ClH.Hf/c1-10(2,3)8-9-6-4-5-7-9;1-2-4-5-3-1;;;/h4,6H,5,8H2,1-3H3;1-2,5H,3H2;2*1H;/q2*-1;;;+4/p-2. The van der Waals surface area contributed by atoms with Gasteiger partial charge in [-0.1, -0.05) is 25.7 Å². The zero-order chi connectivity index (χ0) is 11.1. The Bertz CT molecular complexity index is 302. The van der Waals surface area contributed by atoms with E-state index in [0.717, 1.165) is 12.8 Å². The zero-order valence-corrected chi connectivity index (χ0v) is 17.4. The van der Waals surface area contributed by atoms with E-state index in [2.05, 4.69) is 50.0 Å². The molecule has 0 radical (unpaired) electrons. The number of hydrogen-bond acceptors (Lipinski definition) is 0. The Balaban J connectivity index is -0.000000245. The van der Waals surface area contributed by atoms with Gasteiger partial charge in [-0.3, -0.25) is 12.2 Å². The molecular formula is C14H20Cl2HfSi. The van der Waals surface area contributed by atoms with Gasteiger partial charge in [-0.2, -0.15) is 12.2 Å². The van der Waals surface area contributed by atoms with Crippen molar-refractivity contribution in [2.45, 2.75) is 38.5 Å². The first-order valence-electron chi connectivity index (χ1n) is 5.57. The van der Waals surface area contributed by atoms with E-state index in [1.165, 1.54) is 11.6 Å². The van der Waals surface area contributed by atoms with Crippen molar-refractivity contribution in [2.24, 2.45) is 0 Å². The molecule has 0 aromatic rings. The summed E-state index contributed by atoms with van der Waals surface area (Å²) in [6, 6.07) is 1.30. The van der Waals surface area contributed by atoms with E-state index in [1.54, 1.807) is 0 Å². The fourth-order valence-corrected chi connectivity index (χ4v) is 2.87. The minimum Gasteiger partial charge on any atom is -1.00 e. The SMILES string of the molecule is C[Si](C)(C)CC1=[C-]CC=C1.[C-]1=CCC=C1.[Cl-].[Cl-].[Hf+4]. The van der Waals surface area contributed by atoms with Crippen LogP contribution in [0.4, 0.5) is 0 Å². The van der Waals surface area contributed by atoms with Crippen LogP contribution in [0.3, 0.4) is 0 Å². The molecule has 0 bridgehead atoms. The van der Waals surface area contributed by atoms with E-state index >= 15 is 0 Å². The van der Waals surface area contributed by atoms with Gasteiger partial charge in [0.15, 0.2) is 0 Å². The van der Waals surface area contributed by atoms with Crippen LogP contribution in [0.15, 0.2) is 36.0 Å². The minimum absolute atomic E-state index is 0. The molecule has 0 fully saturated rings. The molecule has 0 aromatic heterocycles. The molecule has 4 heteroatoms. The van der Waals surface area contributed by atoms with Crippen LogP contribution in [0, 0.1) is 12.2 Å². The molecule has 2 rings (SSSR count). The van der Waals surface area contributed by atoms with Crippen molar-refractivity contribution in [3.8, 4) is 0 Å². The van der Waals surface area contributed by atoms with Crippen LogP contribution >= 0.6 is 0 Å². The topological polar surface area (TPSA) is 0 Å². The second-order valence-electron chi connectivity index (χ2n) is 5.05. The molecule has 0 nitrogen and oxygen atoms in total. The molecule has 0 atom stereocenters. The third kappa shape index (κ3) is 13.1. The number of hydrogen-bond donors (Lipinski definition) is 0. The molecule has 98 valence electrons. The first-order chi connectivity index (χ1) is 7.08. The molecule has 2 aliphatic rings. The van der Waals surface area contributed by atoms with Crippen LogP contribution in [0.25, 0.3) is 0 Å². The second kappa shape index (κ2) is 12.7. The molecule has 2 aliphatic carbocycles. The van der Waals surface area contributed by atoms with Crippen LogP contribution in [0.2, 0.25) is 25.7 Å². The summed E-state index contributed by atoms with van der Waals surface area (Å²) in [5.41, 5.74) is 1.44. The largest absolute Gasteiger partial charge is 4.00 e. The van der Waals surface area contributed by atoms with E-state index in [0.29, 0.717) is 0 Å². The molecule has 0 amide bonds. The van der Waals surface area contributed by atoms with E-state index in [9.17, 15) is 0 Å². The average molecular weight is 466 g/mol. The first kappa shape index (κ1) is 23.7. The van der Waals surface area contributed by atoms with Crippen molar-refractivity contribution in [1.29, 1.82) is 0 Å². The average Bonchev–Trinajstić information content (AvgIpc) is 2.71. The van der Waals surface area contributed by atoms with Crippen molar-refractivity contribution < 1.29 is 50.7 Å². The maximum atomic E-state index is 3.35. The molecule has 0 aromatic carbocycles. The van der Waals surface area contributed by atoms with Crippen LogP contribution < -0.4 is 24.8 Å². The van der Waals surface area contributed by atoms with Crippen molar-refractivity contribution in [3.05, 3.63) is 48.1 Å². The van der Waals surface area contributed by atoms with Gasteiger partial charge in [0.25, 0.3) is 0 Å². The Morgan fingerprint density at radius 2 is 1.83 bits per heavy atom. The summed E-state index contributed by atoms with van der Waals surface area (Å²) >= 11 is 0. The predicted molar refractivity (Wildman–Crippen MR) is 70.2 cm³/mol. The number of halogens is 2. The Morgan fingerprint density at radius 1 is 1.17 bits per heavy atom. The summed E-state index contributed by atoms with van der Waals surface area (Å²) < 4.78 is 0. The third-order valence-electron chi connectivity index (χ3n) is 2.07. The van der Waals surface area contributed by atoms with Gasteiger partial charge >= 0.3 is 25.8 Å². The molecule has 0 aliphatic heterocycles. The van der Waals surface area contributed by atoms with Crippen LogP contribution in [-0.4, -0.2) is 8.07 Å². The van der Waals surface area contributed by atoms with E-state index in [1.807, 2.05) is 12.2 Å². The van der Waals surface area contributed by atoms with Crippen molar-refractivity contribution in [3.63, 3.8) is 0 Å². The van der Waals surface area contributed by atoms with E-state index in [-0.39, 0.29) is 50.7 Å². The number of rotatable bonds is 2. The summed E-state index contributed by atoms with van der Waals surface area (Å²) in [4.78, 5) is 0. The number of allylic oxidation sites excluding steroid dienone is 8. The Morgan fingerprint density at radius 3 is 2.11 bits per heavy atom. The van der Waals surface area contributed by atoms with Gasteiger partial charge in [0, 0.05) is 8.07 Å². The summed E-state index contributed by atoms with van der Waals surface area (Å²) in [7, 11) is -0.873. The summed E-state index contributed by atoms with van der Waals surface area (Å²) in [6.45, 7) is 7.19. The maximum absolute atomic E-state index is 3.35. The molecule has 18 heavy (non-hydrogen) atoms. The molecule has 0 saturated carbocycles. The molecule has 0 saturated heterocycles. The fourth-order valence-electron chi connectivity index (χ4n) is 1.48. The molecule has 0 spiro atoms. The molecule has 0 N–H and O–H groups in total. The summed E-state index contributed by atoms with van der Waals surface area (Å²) in [6.07, 6.45) is 18.8. The van der Waals surface area contributed by atoms with E-state index in [4.69, 9.17) is 0 Å². The molecular weight excluding hydrogens is 446 g/mol. The summed E-state index contributed by atoms with van der Waals surface area (Å²) in [5, 5.41) is 0. The van der Waals surface area contributed by atoms with Gasteiger partial charge in [0.2, 0.25) is 0 Å². The van der Waals surface area contributed by atoms with Crippen LogP contribution in [0.5, 0.6) is 0 Å². The van der Waals surface area contributed by atoms with Gasteiger partial charge in [-0.05, 0) is 0 Å². The zero-order valence-electron chi connectivity index (χ0n) is 11.3. The van der Waals surface area contributed by atoms with Crippen molar-refractivity contribution >= 4 is 8.07 Å². The Hall–Kier alpha value is 0.627. The van der Waals surface area contributed by atoms with Gasteiger partial charge in [0.05, 0.1) is 0 Å². The third-order valence-corrected chi connectivity index (χ3v) is 3.51. The van der Waals surface area contributed by atoms with Gasteiger partial charge in [0.1, 0.15) is 0 Å². The van der Waals surface area contributed by atoms with Crippen LogP contribution in [0.1, 0.15) is 12.8 Å². The Labute approximate surface area is 144 Å². The molecule has 0 heterocycles. The Kier molecular flexibility index (Phi) is 16.7. The van der Waals surface area contributed by atoms with Gasteiger partial charge in [-0.25, -0.2) is 23.8 Å². The van der Waals surface area contributed by atoms with Crippen LogP contribution in [-0.2, 0) is 25.8 Å². The minimum atomic E-state index is -0.873. The fraction of sp³-hybridized carbons (Fsp3) is 0.429. The van der Waals surface area contributed by atoms with Gasteiger partial charge in [-0.15, -0.1) is 12.8 Å². The maximum Gasteiger partial charge on any atom is 4.00 e. The quantitative estimate of drug-likeness (QED) is 0.338. The summed E-state index contributed by atoms with van der Waals surface area (Å²) in [5.74, 6) is 0.